The van der Waals surface area contributed by atoms with Crippen molar-refractivity contribution < 1.29 is 19.1 Å². The molecular formula is C16H19N3O4. The zero-order valence-corrected chi connectivity index (χ0v) is 12.9. The summed E-state index contributed by atoms with van der Waals surface area (Å²) in [5.41, 5.74) is -0.0212. The molecule has 1 aromatic carbocycles. The lowest BCUT2D eigenvalue weighted by Gasteiger charge is -2.23. The summed E-state index contributed by atoms with van der Waals surface area (Å²) in [7, 11) is 0. The molecule has 2 saturated heterocycles. The van der Waals surface area contributed by atoms with Gasteiger partial charge in [-0.05, 0) is 12.5 Å². The molecule has 0 aromatic heterocycles. The number of likely N-dealkylation sites (tertiary alicyclic amines) is 1. The molecule has 0 saturated carbocycles. The minimum atomic E-state index is -1.05. The van der Waals surface area contributed by atoms with Gasteiger partial charge in [0.05, 0.1) is 6.61 Å². The summed E-state index contributed by atoms with van der Waals surface area (Å²) in [6, 6.07) is 8.61. The van der Waals surface area contributed by atoms with Crippen molar-refractivity contribution >= 4 is 17.9 Å². The SMILES string of the molecule is CCOC(=O)[C@@H]1CC2(CN1Cc1ccccc1)NC(=O)NC2=O. The summed E-state index contributed by atoms with van der Waals surface area (Å²) in [6.07, 6.45) is 0.218. The molecule has 1 unspecified atom stereocenters. The van der Waals surface area contributed by atoms with Crippen LogP contribution in [0.4, 0.5) is 4.79 Å². The van der Waals surface area contributed by atoms with Crippen LogP contribution in [-0.2, 0) is 20.9 Å². The second-order valence-electron chi connectivity index (χ2n) is 5.85. The van der Waals surface area contributed by atoms with E-state index >= 15 is 0 Å². The molecule has 0 radical (unpaired) electrons. The van der Waals surface area contributed by atoms with Gasteiger partial charge in [0.25, 0.3) is 5.91 Å². The first-order chi connectivity index (χ1) is 11.0. The number of carbonyl (C=O) groups is 3. The van der Waals surface area contributed by atoms with Crippen LogP contribution in [-0.4, -0.2) is 47.5 Å². The van der Waals surface area contributed by atoms with E-state index in [1.807, 2.05) is 35.2 Å². The van der Waals surface area contributed by atoms with E-state index in [0.717, 1.165) is 5.56 Å². The van der Waals surface area contributed by atoms with Gasteiger partial charge in [-0.3, -0.25) is 19.8 Å². The second-order valence-corrected chi connectivity index (χ2v) is 5.85. The van der Waals surface area contributed by atoms with Crippen LogP contribution in [0.1, 0.15) is 18.9 Å². The van der Waals surface area contributed by atoms with Crippen molar-refractivity contribution in [2.45, 2.75) is 31.5 Å². The molecule has 3 rings (SSSR count). The van der Waals surface area contributed by atoms with Gasteiger partial charge < -0.3 is 10.1 Å². The topological polar surface area (TPSA) is 87.7 Å². The van der Waals surface area contributed by atoms with Crippen molar-refractivity contribution in [2.24, 2.45) is 0 Å². The van der Waals surface area contributed by atoms with Gasteiger partial charge in [0.2, 0.25) is 0 Å². The second kappa shape index (κ2) is 6.00. The van der Waals surface area contributed by atoms with Crippen LogP contribution < -0.4 is 10.6 Å². The highest BCUT2D eigenvalue weighted by Gasteiger charge is 2.56. The number of esters is 1. The van der Waals surface area contributed by atoms with Crippen molar-refractivity contribution in [1.29, 1.82) is 0 Å². The lowest BCUT2D eigenvalue weighted by molar-refractivity contribution is -0.148. The average molecular weight is 317 g/mol. The quantitative estimate of drug-likeness (QED) is 0.620. The van der Waals surface area contributed by atoms with Gasteiger partial charge in [0.1, 0.15) is 11.6 Å². The maximum atomic E-state index is 12.3. The fourth-order valence-corrected chi connectivity index (χ4v) is 3.22. The number of amides is 3. The van der Waals surface area contributed by atoms with E-state index in [1.54, 1.807) is 6.92 Å². The van der Waals surface area contributed by atoms with E-state index in [-0.39, 0.29) is 31.4 Å². The monoisotopic (exact) mass is 317 g/mol. The number of imide groups is 1. The number of hydrogen-bond donors (Lipinski definition) is 2. The van der Waals surface area contributed by atoms with E-state index < -0.39 is 17.6 Å². The molecule has 2 fully saturated rings. The highest BCUT2D eigenvalue weighted by atomic mass is 16.5. The third-order valence-electron chi connectivity index (χ3n) is 4.26. The van der Waals surface area contributed by atoms with Crippen molar-refractivity contribution in [3.63, 3.8) is 0 Å². The number of hydrogen-bond acceptors (Lipinski definition) is 5. The van der Waals surface area contributed by atoms with Crippen LogP contribution in [0.3, 0.4) is 0 Å². The van der Waals surface area contributed by atoms with Crippen molar-refractivity contribution in [2.75, 3.05) is 13.2 Å². The van der Waals surface area contributed by atoms with Crippen molar-refractivity contribution in [3.05, 3.63) is 35.9 Å². The third kappa shape index (κ3) is 2.92. The molecule has 2 N–H and O–H groups in total. The standard InChI is InChI=1S/C16H19N3O4/c1-2-23-13(20)12-8-16(14(21)17-15(22)18-16)10-19(12)9-11-6-4-3-5-7-11/h3-7,12H,2,8-10H2,1H3,(H2,17,18,21,22)/t12-,16?/m0/s1. The highest BCUT2D eigenvalue weighted by molar-refractivity contribution is 6.07. The van der Waals surface area contributed by atoms with Crippen LogP contribution in [0.2, 0.25) is 0 Å². The molecular weight excluding hydrogens is 298 g/mol. The molecule has 2 atom stereocenters. The number of nitrogens with zero attached hydrogens (tertiary/aromatic N) is 1. The Morgan fingerprint density at radius 1 is 1.35 bits per heavy atom. The molecule has 122 valence electrons. The zero-order chi connectivity index (χ0) is 16.4. The van der Waals surface area contributed by atoms with Crippen molar-refractivity contribution in [1.82, 2.24) is 15.5 Å². The van der Waals surface area contributed by atoms with Gasteiger partial charge in [-0.15, -0.1) is 0 Å². The minimum absolute atomic E-state index is 0.218. The van der Waals surface area contributed by atoms with E-state index in [4.69, 9.17) is 4.74 Å². The molecule has 7 nitrogen and oxygen atoms in total. The number of ether oxygens (including phenoxy) is 1. The number of urea groups is 1. The Kier molecular flexibility index (Phi) is 4.04. The Balaban J connectivity index is 1.84. The summed E-state index contributed by atoms with van der Waals surface area (Å²) in [4.78, 5) is 37.8. The first-order valence-electron chi connectivity index (χ1n) is 7.62. The van der Waals surface area contributed by atoms with E-state index in [9.17, 15) is 14.4 Å². The molecule has 2 heterocycles. The average Bonchev–Trinajstić information content (AvgIpc) is 3.01. The summed E-state index contributed by atoms with van der Waals surface area (Å²) in [5.74, 6) is -0.749. The van der Waals surface area contributed by atoms with Crippen LogP contribution in [0.15, 0.2) is 30.3 Å². The maximum Gasteiger partial charge on any atom is 0.323 e. The Hall–Kier alpha value is -2.41. The predicted octanol–water partition coefficient (Wildman–Crippen LogP) is 0.402. The van der Waals surface area contributed by atoms with E-state index in [2.05, 4.69) is 10.6 Å². The smallest absolute Gasteiger partial charge is 0.323 e. The first-order valence-corrected chi connectivity index (χ1v) is 7.62. The van der Waals surface area contributed by atoms with Gasteiger partial charge in [-0.2, -0.15) is 0 Å². The lowest BCUT2D eigenvalue weighted by Crippen LogP contribution is -2.48. The lowest BCUT2D eigenvalue weighted by atomic mass is 9.96. The molecule has 3 amide bonds. The Bertz CT molecular complexity index is 633. The molecule has 23 heavy (non-hydrogen) atoms. The minimum Gasteiger partial charge on any atom is -0.465 e. The van der Waals surface area contributed by atoms with Gasteiger partial charge in [0.15, 0.2) is 0 Å². The first kappa shape index (κ1) is 15.5. The fourth-order valence-electron chi connectivity index (χ4n) is 3.22. The molecule has 2 aliphatic rings. The number of carbonyl (C=O) groups excluding carboxylic acids is 3. The largest absolute Gasteiger partial charge is 0.465 e. The van der Waals surface area contributed by atoms with Gasteiger partial charge in [-0.25, -0.2) is 4.79 Å². The van der Waals surface area contributed by atoms with Crippen LogP contribution in [0.5, 0.6) is 0 Å². The van der Waals surface area contributed by atoms with Crippen LogP contribution in [0, 0.1) is 0 Å². The van der Waals surface area contributed by atoms with Gasteiger partial charge in [-0.1, -0.05) is 30.3 Å². The summed E-state index contributed by atoms with van der Waals surface area (Å²) in [5, 5.41) is 4.93. The fraction of sp³-hybridized carbons (Fsp3) is 0.438. The van der Waals surface area contributed by atoms with Crippen LogP contribution in [0.25, 0.3) is 0 Å². The normalized spacial score (nSPS) is 27.1. The van der Waals surface area contributed by atoms with Crippen molar-refractivity contribution in [3.8, 4) is 0 Å². The number of nitrogens with one attached hydrogen (secondary N) is 2. The molecule has 0 aliphatic carbocycles. The van der Waals surface area contributed by atoms with Gasteiger partial charge in [0, 0.05) is 19.5 Å². The van der Waals surface area contributed by atoms with Crippen LogP contribution >= 0.6 is 0 Å². The molecule has 7 heteroatoms. The Morgan fingerprint density at radius 2 is 2.09 bits per heavy atom. The van der Waals surface area contributed by atoms with Gasteiger partial charge >= 0.3 is 12.0 Å². The molecule has 1 spiro atoms. The molecule has 2 aliphatic heterocycles. The van der Waals surface area contributed by atoms with E-state index in [1.165, 1.54) is 0 Å². The summed E-state index contributed by atoms with van der Waals surface area (Å²) in [6.45, 7) is 2.81. The number of rotatable bonds is 4. The summed E-state index contributed by atoms with van der Waals surface area (Å²) >= 11 is 0. The summed E-state index contributed by atoms with van der Waals surface area (Å²) < 4.78 is 5.13. The highest BCUT2D eigenvalue weighted by Crippen LogP contribution is 2.31. The molecule has 0 bridgehead atoms. The third-order valence-corrected chi connectivity index (χ3v) is 4.26. The number of benzene rings is 1. The maximum absolute atomic E-state index is 12.3. The Morgan fingerprint density at radius 3 is 2.70 bits per heavy atom. The zero-order valence-electron chi connectivity index (χ0n) is 12.9. The van der Waals surface area contributed by atoms with E-state index in [0.29, 0.717) is 6.54 Å². The predicted molar refractivity (Wildman–Crippen MR) is 81.3 cm³/mol. The molecule has 1 aromatic rings. The Labute approximate surface area is 134 Å².